The van der Waals surface area contributed by atoms with Crippen LogP contribution >= 0.6 is 0 Å². The Morgan fingerprint density at radius 3 is 2.87 bits per heavy atom. The van der Waals surface area contributed by atoms with Gasteiger partial charge in [-0.15, -0.1) is 0 Å². The maximum absolute atomic E-state index is 11.1. The number of anilines is 1. The van der Waals surface area contributed by atoms with E-state index < -0.39 is 11.4 Å². The molecule has 1 fully saturated rings. The number of carboxylic acid groups (broad SMARTS) is 1. The molecule has 0 bridgehead atoms. The second-order valence-electron chi connectivity index (χ2n) is 4.00. The van der Waals surface area contributed by atoms with Crippen molar-refractivity contribution in [2.45, 2.75) is 0 Å². The van der Waals surface area contributed by atoms with Crippen LogP contribution in [0.2, 0.25) is 0 Å². The Bertz CT molecular complexity index is 344. The van der Waals surface area contributed by atoms with E-state index in [1.165, 1.54) is 0 Å². The van der Waals surface area contributed by atoms with E-state index in [0.29, 0.717) is 19.8 Å². The second kappa shape index (κ2) is 3.58. The third-order valence-corrected chi connectivity index (χ3v) is 2.77. The van der Waals surface area contributed by atoms with Crippen molar-refractivity contribution in [3.8, 4) is 0 Å². The fourth-order valence-corrected chi connectivity index (χ4v) is 1.73. The van der Waals surface area contributed by atoms with Crippen molar-refractivity contribution >= 4 is 11.7 Å². The number of nitrogens with zero attached hydrogens (tertiary/aromatic N) is 1. The first-order valence-corrected chi connectivity index (χ1v) is 4.79. The number of aliphatic carboxylic acids is 1. The molecule has 15 heavy (non-hydrogen) atoms. The fraction of sp³-hybridized carbons (Fsp3) is 0.500. The number of H-pyrrole nitrogens is 1. The number of aromatic nitrogens is 1. The van der Waals surface area contributed by atoms with Crippen molar-refractivity contribution in [2.75, 3.05) is 31.7 Å². The lowest BCUT2D eigenvalue weighted by atomic mass is 9.85. The van der Waals surface area contributed by atoms with Gasteiger partial charge in [0.15, 0.2) is 0 Å². The van der Waals surface area contributed by atoms with E-state index in [-0.39, 0.29) is 0 Å². The summed E-state index contributed by atoms with van der Waals surface area (Å²) in [6.07, 6.45) is 3.66. The van der Waals surface area contributed by atoms with Crippen LogP contribution in [-0.4, -0.2) is 42.9 Å². The number of hydrogen-bond acceptors (Lipinski definition) is 3. The monoisotopic (exact) mass is 210 g/mol. The lowest BCUT2D eigenvalue weighted by molar-refractivity contribution is -0.177. The average molecular weight is 210 g/mol. The Hall–Kier alpha value is -1.49. The van der Waals surface area contributed by atoms with E-state index in [9.17, 15) is 4.79 Å². The Morgan fingerprint density at radius 2 is 2.47 bits per heavy atom. The predicted octanol–water partition coefficient (Wildman–Crippen LogP) is 0.552. The van der Waals surface area contributed by atoms with Crippen LogP contribution < -0.4 is 4.90 Å². The van der Waals surface area contributed by atoms with Crippen molar-refractivity contribution < 1.29 is 14.6 Å². The predicted molar refractivity (Wildman–Crippen MR) is 55.0 cm³/mol. The van der Waals surface area contributed by atoms with Crippen LogP contribution in [0.4, 0.5) is 5.69 Å². The summed E-state index contributed by atoms with van der Waals surface area (Å²) in [6, 6.07) is 1.91. The zero-order valence-corrected chi connectivity index (χ0v) is 8.56. The molecule has 82 valence electrons. The average Bonchev–Trinajstić information content (AvgIpc) is 2.62. The van der Waals surface area contributed by atoms with E-state index in [1.807, 2.05) is 30.4 Å². The van der Waals surface area contributed by atoms with Crippen LogP contribution in [-0.2, 0) is 9.53 Å². The van der Waals surface area contributed by atoms with Gasteiger partial charge in [0, 0.05) is 26.0 Å². The molecular weight excluding hydrogens is 196 g/mol. The van der Waals surface area contributed by atoms with Crippen molar-refractivity contribution in [1.82, 2.24) is 4.98 Å². The molecule has 5 heteroatoms. The highest BCUT2D eigenvalue weighted by Gasteiger charge is 2.47. The summed E-state index contributed by atoms with van der Waals surface area (Å²) in [5.41, 5.74) is 0.258. The highest BCUT2D eigenvalue weighted by molar-refractivity contribution is 5.77. The van der Waals surface area contributed by atoms with Gasteiger partial charge in [0.25, 0.3) is 0 Å². The Morgan fingerprint density at radius 1 is 1.73 bits per heavy atom. The molecule has 1 aliphatic heterocycles. The molecule has 2 N–H and O–H groups in total. The van der Waals surface area contributed by atoms with Gasteiger partial charge in [0.1, 0.15) is 5.41 Å². The topological polar surface area (TPSA) is 65.6 Å². The summed E-state index contributed by atoms with van der Waals surface area (Å²) < 4.78 is 5.00. The van der Waals surface area contributed by atoms with E-state index in [1.54, 1.807) is 0 Å². The van der Waals surface area contributed by atoms with Gasteiger partial charge in [-0.2, -0.15) is 0 Å². The summed E-state index contributed by atoms with van der Waals surface area (Å²) in [6.45, 7) is 1.08. The number of carbonyl (C=O) groups is 1. The third kappa shape index (κ3) is 1.70. The van der Waals surface area contributed by atoms with Crippen molar-refractivity contribution in [1.29, 1.82) is 0 Å². The maximum Gasteiger partial charge on any atom is 0.316 e. The maximum atomic E-state index is 11.1. The van der Waals surface area contributed by atoms with Crippen LogP contribution in [0, 0.1) is 5.41 Å². The van der Waals surface area contributed by atoms with Gasteiger partial charge in [-0.3, -0.25) is 4.79 Å². The zero-order chi connectivity index (χ0) is 10.9. The molecule has 1 aromatic rings. The number of rotatable bonds is 4. The molecule has 0 saturated carbocycles. The first-order chi connectivity index (χ1) is 7.14. The second-order valence-corrected chi connectivity index (χ2v) is 4.00. The summed E-state index contributed by atoms with van der Waals surface area (Å²) in [7, 11) is 1.88. The number of hydrogen-bond donors (Lipinski definition) is 2. The number of aromatic amines is 1. The van der Waals surface area contributed by atoms with Crippen molar-refractivity contribution in [3.63, 3.8) is 0 Å². The molecule has 0 radical (unpaired) electrons. The van der Waals surface area contributed by atoms with Gasteiger partial charge in [-0.1, -0.05) is 0 Å². The highest BCUT2D eigenvalue weighted by Crippen LogP contribution is 2.30. The summed E-state index contributed by atoms with van der Waals surface area (Å²) in [5.74, 6) is -0.781. The quantitative estimate of drug-likeness (QED) is 0.761. The number of carboxylic acids is 1. The van der Waals surface area contributed by atoms with Crippen LogP contribution in [0.25, 0.3) is 0 Å². The molecule has 0 unspecified atom stereocenters. The summed E-state index contributed by atoms with van der Waals surface area (Å²) >= 11 is 0. The van der Waals surface area contributed by atoms with E-state index in [0.717, 1.165) is 5.69 Å². The lowest BCUT2D eigenvalue weighted by Crippen LogP contribution is -2.55. The molecule has 0 aromatic carbocycles. The van der Waals surface area contributed by atoms with E-state index >= 15 is 0 Å². The van der Waals surface area contributed by atoms with Gasteiger partial charge in [0.2, 0.25) is 0 Å². The molecule has 1 aliphatic rings. The van der Waals surface area contributed by atoms with Crippen LogP contribution in [0.5, 0.6) is 0 Å². The van der Waals surface area contributed by atoms with Crippen LogP contribution in [0.3, 0.4) is 0 Å². The molecule has 0 atom stereocenters. The molecule has 1 saturated heterocycles. The summed E-state index contributed by atoms with van der Waals surface area (Å²) in [5, 5.41) is 9.12. The molecule has 0 aliphatic carbocycles. The number of ether oxygens (including phenoxy) is 1. The Balaban J connectivity index is 2.04. The summed E-state index contributed by atoms with van der Waals surface area (Å²) in [4.78, 5) is 16.0. The molecule has 1 aromatic heterocycles. The SMILES string of the molecule is CN(CC1(C(=O)O)COC1)c1cc[nH]c1. The minimum absolute atomic E-state index is 0.303. The first kappa shape index (κ1) is 10.0. The van der Waals surface area contributed by atoms with Crippen molar-refractivity contribution in [3.05, 3.63) is 18.5 Å². The number of nitrogens with one attached hydrogen (secondary N) is 1. The molecule has 0 amide bonds. The van der Waals surface area contributed by atoms with Gasteiger partial charge < -0.3 is 19.7 Å². The van der Waals surface area contributed by atoms with Gasteiger partial charge >= 0.3 is 5.97 Å². The molecular formula is C10H14N2O3. The molecule has 2 heterocycles. The standard InChI is InChI=1S/C10H14N2O3/c1-12(8-2-3-11-4-8)5-10(9(13)14)6-15-7-10/h2-4,11H,5-7H2,1H3,(H,13,14). The lowest BCUT2D eigenvalue weighted by Gasteiger charge is -2.40. The minimum atomic E-state index is -0.781. The first-order valence-electron chi connectivity index (χ1n) is 4.79. The van der Waals surface area contributed by atoms with E-state index in [4.69, 9.17) is 9.84 Å². The molecule has 0 spiro atoms. The normalized spacial score (nSPS) is 18.2. The van der Waals surface area contributed by atoms with Crippen LogP contribution in [0.1, 0.15) is 0 Å². The van der Waals surface area contributed by atoms with Gasteiger partial charge in [-0.25, -0.2) is 0 Å². The minimum Gasteiger partial charge on any atom is -0.481 e. The molecule has 2 rings (SSSR count). The fourth-order valence-electron chi connectivity index (χ4n) is 1.73. The van der Waals surface area contributed by atoms with Crippen molar-refractivity contribution in [2.24, 2.45) is 5.41 Å². The third-order valence-electron chi connectivity index (χ3n) is 2.77. The zero-order valence-electron chi connectivity index (χ0n) is 8.56. The van der Waals surface area contributed by atoms with Crippen LogP contribution in [0.15, 0.2) is 18.5 Å². The van der Waals surface area contributed by atoms with Gasteiger partial charge in [-0.05, 0) is 6.07 Å². The highest BCUT2D eigenvalue weighted by atomic mass is 16.5. The largest absolute Gasteiger partial charge is 0.481 e. The molecule has 5 nitrogen and oxygen atoms in total. The van der Waals surface area contributed by atoms with Gasteiger partial charge in [0.05, 0.1) is 18.9 Å². The Kier molecular flexibility index (Phi) is 2.40. The van der Waals surface area contributed by atoms with E-state index in [2.05, 4.69) is 4.98 Å². The Labute approximate surface area is 87.7 Å². The smallest absolute Gasteiger partial charge is 0.316 e.